The van der Waals surface area contributed by atoms with Crippen LogP contribution in [0.1, 0.15) is 109 Å². The molecule has 0 fully saturated rings. The van der Waals surface area contributed by atoms with Crippen molar-refractivity contribution >= 4 is 8.32 Å². The summed E-state index contributed by atoms with van der Waals surface area (Å²) in [4.78, 5) is 0. The van der Waals surface area contributed by atoms with E-state index in [0.29, 0.717) is 11.8 Å². The van der Waals surface area contributed by atoms with Crippen molar-refractivity contribution in [2.24, 2.45) is 23.7 Å². The van der Waals surface area contributed by atoms with Crippen LogP contribution in [0.15, 0.2) is 59.8 Å². The summed E-state index contributed by atoms with van der Waals surface area (Å²) >= 11 is 0. The van der Waals surface area contributed by atoms with Gasteiger partial charge in [0.05, 0.1) is 24.4 Å². The fourth-order valence-electron chi connectivity index (χ4n) is 5.22. The van der Waals surface area contributed by atoms with Gasteiger partial charge in [0.1, 0.15) is 0 Å². The number of ether oxygens (including phenoxy) is 2. The van der Waals surface area contributed by atoms with Crippen LogP contribution in [0, 0.1) is 23.7 Å². The van der Waals surface area contributed by atoms with Crippen molar-refractivity contribution in [2.45, 2.75) is 158 Å². The van der Waals surface area contributed by atoms with E-state index in [1.54, 1.807) is 0 Å². The highest BCUT2D eigenvalue weighted by Gasteiger charge is 2.42. The van der Waals surface area contributed by atoms with E-state index in [1.807, 2.05) is 19.9 Å². The molecule has 1 rings (SSSR count). The summed E-state index contributed by atoms with van der Waals surface area (Å²) in [6.07, 6.45) is 21.0. The number of hydrogen-bond donors (Lipinski definition) is 1. The Hall–Kier alpha value is -1.24. The van der Waals surface area contributed by atoms with Gasteiger partial charge >= 0.3 is 0 Å². The molecule has 0 bridgehead atoms. The maximum Gasteiger partial charge on any atom is 0.192 e. The van der Waals surface area contributed by atoms with Gasteiger partial charge in [-0.2, -0.15) is 0 Å². The lowest BCUT2D eigenvalue weighted by Gasteiger charge is -2.44. The normalized spacial score (nSPS) is 23.6. The lowest BCUT2D eigenvalue weighted by atomic mass is 9.83. The van der Waals surface area contributed by atoms with Crippen molar-refractivity contribution in [1.29, 1.82) is 0 Å². The molecule has 1 unspecified atom stereocenters. The first-order chi connectivity index (χ1) is 19.9. The quantitative estimate of drug-likeness (QED) is 0.100. The van der Waals surface area contributed by atoms with Crippen LogP contribution in [0.4, 0.5) is 0 Å². The molecule has 0 radical (unpaired) electrons. The zero-order chi connectivity index (χ0) is 33.0. The minimum atomic E-state index is -1.95. The van der Waals surface area contributed by atoms with Crippen molar-refractivity contribution in [3.8, 4) is 0 Å². The molecule has 5 heteroatoms. The first kappa shape index (κ1) is 39.8. The van der Waals surface area contributed by atoms with Gasteiger partial charge in [0.25, 0.3) is 0 Å². The van der Waals surface area contributed by atoms with Crippen molar-refractivity contribution in [2.75, 3.05) is 0 Å². The highest BCUT2D eigenvalue weighted by atomic mass is 28.4. The van der Waals surface area contributed by atoms with E-state index in [1.165, 1.54) is 11.1 Å². The zero-order valence-electron chi connectivity index (χ0n) is 30.3. The predicted molar refractivity (Wildman–Crippen MR) is 189 cm³/mol. The van der Waals surface area contributed by atoms with Crippen LogP contribution in [0.25, 0.3) is 0 Å². The zero-order valence-corrected chi connectivity index (χ0v) is 31.3. The van der Waals surface area contributed by atoms with Gasteiger partial charge < -0.3 is 19.0 Å². The minimum absolute atomic E-state index is 0.0470. The van der Waals surface area contributed by atoms with Crippen LogP contribution >= 0.6 is 0 Å². The van der Waals surface area contributed by atoms with Crippen LogP contribution in [-0.4, -0.2) is 44.1 Å². The van der Waals surface area contributed by atoms with Gasteiger partial charge in [-0.3, -0.25) is 0 Å². The van der Waals surface area contributed by atoms with Gasteiger partial charge in [0, 0.05) is 11.8 Å². The number of hydrogen-bond acceptors (Lipinski definition) is 4. The highest BCUT2D eigenvalue weighted by Crippen LogP contribution is 2.40. The van der Waals surface area contributed by atoms with Gasteiger partial charge in [-0.25, -0.2) is 0 Å². The number of aliphatic hydroxyl groups excluding tert-OH is 1. The fraction of sp³-hybridized carbons (Fsp3) is 0.737. The monoisotopic (exact) mass is 616 g/mol. The molecule has 0 aromatic heterocycles. The second kappa shape index (κ2) is 18.7. The number of rotatable bonds is 17. The summed E-state index contributed by atoms with van der Waals surface area (Å²) in [5.74, 6) is 0.933. The van der Waals surface area contributed by atoms with Crippen LogP contribution in [0.2, 0.25) is 18.1 Å². The van der Waals surface area contributed by atoms with E-state index in [4.69, 9.17) is 13.9 Å². The molecule has 0 aromatic carbocycles. The van der Waals surface area contributed by atoms with E-state index < -0.39 is 14.4 Å². The van der Waals surface area contributed by atoms with E-state index in [0.717, 1.165) is 25.7 Å². The van der Waals surface area contributed by atoms with Crippen LogP contribution in [0.5, 0.6) is 0 Å². The SMILES string of the molecule is CCC(=C/[C@H](C)C/C=C/C(C)=C/[C@@H](C)[C@H](O)[C@@H](C)[C@H](O[Si](C)(C)C(C)(C)C)[C@@H](C)CC)/C=C/[C@H]1CC=CC(OC(C)C)O1. The van der Waals surface area contributed by atoms with Crippen LogP contribution in [0.3, 0.4) is 0 Å². The first-order valence-corrected chi connectivity index (χ1v) is 19.9. The van der Waals surface area contributed by atoms with Gasteiger partial charge in [0.2, 0.25) is 0 Å². The molecule has 0 aliphatic carbocycles. The lowest BCUT2D eigenvalue weighted by Crippen LogP contribution is -2.49. The van der Waals surface area contributed by atoms with E-state index in [9.17, 15) is 5.11 Å². The van der Waals surface area contributed by atoms with Crippen molar-refractivity contribution in [3.63, 3.8) is 0 Å². The Labute approximate surface area is 267 Å². The van der Waals surface area contributed by atoms with E-state index >= 15 is 0 Å². The minimum Gasteiger partial charge on any atom is -0.413 e. The van der Waals surface area contributed by atoms with Crippen LogP contribution < -0.4 is 0 Å². The maximum atomic E-state index is 11.4. The Bertz CT molecular complexity index is 951. The molecular formula is C38H68O4Si. The third-order valence-corrected chi connectivity index (χ3v) is 13.7. The van der Waals surface area contributed by atoms with Gasteiger partial charge in [-0.15, -0.1) is 0 Å². The lowest BCUT2D eigenvalue weighted by molar-refractivity contribution is -0.154. The summed E-state index contributed by atoms with van der Waals surface area (Å²) < 4.78 is 18.8. The molecule has 0 saturated carbocycles. The molecule has 0 aromatic rings. The Morgan fingerprint density at radius 1 is 1.05 bits per heavy atom. The molecule has 8 atom stereocenters. The number of allylic oxidation sites excluding steroid dienone is 6. The predicted octanol–water partition coefficient (Wildman–Crippen LogP) is 10.6. The average molecular weight is 617 g/mol. The topological polar surface area (TPSA) is 47.9 Å². The van der Waals surface area contributed by atoms with Crippen molar-refractivity contribution in [3.05, 3.63) is 59.8 Å². The molecule has 43 heavy (non-hydrogen) atoms. The summed E-state index contributed by atoms with van der Waals surface area (Å²) in [7, 11) is -1.95. The molecule has 0 amide bonds. The third-order valence-electron chi connectivity index (χ3n) is 9.26. The summed E-state index contributed by atoms with van der Waals surface area (Å²) in [5, 5.41) is 11.6. The fourth-order valence-corrected chi connectivity index (χ4v) is 6.70. The molecular weight excluding hydrogens is 549 g/mol. The van der Waals surface area contributed by atoms with Crippen LogP contribution in [-0.2, 0) is 13.9 Å². The molecule has 1 aliphatic rings. The van der Waals surface area contributed by atoms with Gasteiger partial charge in [0.15, 0.2) is 14.6 Å². The largest absolute Gasteiger partial charge is 0.413 e. The Balaban J connectivity index is 2.80. The van der Waals surface area contributed by atoms with Gasteiger partial charge in [-0.05, 0) is 76.1 Å². The molecule has 248 valence electrons. The second-order valence-corrected chi connectivity index (χ2v) is 19.6. The molecule has 0 saturated heterocycles. The van der Waals surface area contributed by atoms with Gasteiger partial charge in [-0.1, -0.05) is 122 Å². The molecule has 1 N–H and O–H groups in total. The molecule has 1 aliphatic heterocycles. The van der Waals surface area contributed by atoms with Crippen molar-refractivity contribution < 1.29 is 19.0 Å². The summed E-state index contributed by atoms with van der Waals surface area (Å²) in [5.41, 5.74) is 2.52. The summed E-state index contributed by atoms with van der Waals surface area (Å²) in [6.45, 7) is 31.0. The Morgan fingerprint density at radius 2 is 1.70 bits per heavy atom. The Morgan fingerprint density at radius 3 is 2.26 bits per heavy atom. The first-order valence-electron chi connectivity index (χ1n) is 17.0. The Kier molecular flexibility index (Phi) is 17.3. The summed E-state index contributed by atoms with van der Waals surface area (Å²) in [6, 6.07) is 0. The third kappa shape index (κ3) is 14.2. The smallest absolute Gasteiger partial charge is 0.192 e. The maximum absolute atomic E-state index is 11.4. The highest BCUT2D eigenvalue weighted by molar-refractivity contribution is 6.74. The standard InChI is InChI=1S/C38H68O4Si/c1-15-30(7)37(42-43(13,14)38(10,11)12)32(9)36(39)31(8)25-28(5)19-17-20-29(6)26-33(16-2)23-24-34-21-18-22-35(41-34)40-27(3)4/h17-19,22-27,29-32,34-37,39H,15-16,20-21H2,1-14H3/b19-17+,24-23+,28-25+,33-26-/t29-,30+,31-,32-,34-,35?,36+,37-/m1/s1. The van der Waals surface area contributed by atoms with E-state index in [2.05, 4.69) is 125 Å². The molecule has 4 nitrogen and oxygen atoms in total. The van der Waals surface area contributed by atoms with E-state index in [-0.39, 0.29) is 41.5 Å². The molecule has 0 spiro atoms. The van der Waals surface area contributed by atoms with Crippen molar-refractivity contribution in [1.82, 2.24) is 0 Å². The average Bonchev–Trinajstić information content (AvgIpc) is 2.91. The molecule has 1 heterocycles. The number of aliphatic hydroxyl groups is 1. The second-order valence-electron chi connectivity index (χ2n) is 14.8.